The molecule has 0 bridgehead atoms. The Balaban J connectivity index is 4.46. The molecule has 0 saturated heterocycles. The van der Waals surface area contributed by atoms with E-state index in [1.165, 1.54) is 103 Å². The van der Waals surface area contributed by atoms with E-state index in [1.54, 1.807) is 0 Å². The van der Waals surface area contributed by atoms with E-state index >= 15 is 0 Å². The lowest BCUT2D eigenvalue weighted by Gasteiger charge is -2.18. The molecule has 0 N–H and O–H groups in total. The van der Waals surface area contributed by atoms with Crippen LogP contribution in [0.15, 0.2) is 158 Å². The fourth-order valence-electron chi connectivity index (χ4n) is 8.63. The van der Waals surface area contributed by atoms with Crippen molar-refractivity contribution in [3.8, 4) is 0 Å². The monoisotopic (exact) mass is 1120 g/mol. The number of carbonyl (C=O) groups excluding carboxylic acids is 3. The van der Waals surface area contributed by atoms with E-state index < -0.39 is 6.10 Å². The van der Waals surface area contributed by atoms with E-state index in [0.717, 1.165) is 128 Å². The number of rotatable bonds is 58. The van der Waals surface area contributed by atoms with Crippen molar-refractivity contribution in [2.45, 2.75) is 284 Å². The van der Waals surface area contributed by atoms with Crippen molar-refractivity contribution >= 4 is 17.9 Å². The first kappa shape index (κ1) is 76.0. The summed E-state index contributed by atoms with van der Waals surface area (Å²) in [5.74, 6) is -0.980. The lowest BCUT2D eigenvalue weighted by atomic mass is 10.1. The minimum absolute atomic E-state index is 0.108. The van der Waals surface area contributed by atoms with Crippen LogP contribution < -0.4 is 0 Å². The van der Waals surface area contributed by atoms with Gasteiger partial charge >= 0.3 is 17.9 Å². The summed E-state index contributed by atoms with van der Waals surface area (Å²) < 4.78 is 16.9. The van der Waals surface area contributed by atoms with Crippen molar-refractivity contribution in [1.29, 1.82) is 0 Å². The molecule has 1 atom stereocenters. The average Bonchev–Trinajstić information content (AvgIpc) is 3.47. The molecule has 0 saturated carbocycles. The fourth-order valence-corrected chi connectivity index (χ4v) is 8.63. The average molecular weight is 1120 g/mol. The third-order valence-electron chi connectivity index (χ3n) is 13.5. The van der Waals surface area contributed by atoms with Crippen LogP contribution >= 0.6 is 0 Å². The van der Waals surface area contributed by atoms with Gasteiger partial charge in [-0.15, -0.1) is 0 Å². The number of hydrogen-bond acceptors (Lipinski definition) is 6. The number of allylic oxidation sites excluding steroid dienone is 26. The molecule has 0 radical (unpaired) electrons. The van der Waals surface area contributed by atoms with Gasteiger partial charge in [-0.3, -0.25) is 14.4 Å². The van der Waals surface area contributed by atoms with Crippen molar-refractivity contribution in [3.63, 3.8) is 0 Å². The molecule has 0 aromatic rings. The topological polar surface area (TPSA) is 78.9 Å². The highest BCUT2D eigenvalue weighted by molar-refractivity contribution is 5.71. The summed E-state index contributed by atoms with van der Waals surface area (Å²) in [5, 5.41) is 0. The quantitative estimate of drug-likeness (QED) is 0.0261. The molecule has 0 amide bonds. The van der Waals surface area contributed by atoms with Crippen molar-refractivity contribution in [1.82, 2.24) is 0 Å². The Morgan fingerprint density at radius 2 is 0.494 bits per heavy atom. The van der Waals surface area contributed by atoms with Crippen molar-refractivity contribution in [2.75, 3.05) is 13.2 Å². The minimum atomic E-state index is -0.816. The maximum Gasteiger partial charge on any atom is 0.306 e. The molecule has 6 nitrogen and oxygen atoms in total. The molecule has 1 unspecified atom stereocenters. The van der Waals surface area contributed by atoms with Gasteiger partial charge in [0.25, 0.3) is 0 Å². The summed E-state index contributed by atoms with van der Waals surface area (Å²) >= 11 is 0. The zero-order valence-corrected chi connectivity index (χ0v) is 52.2. The number of carbonyl (C=O) groups is 3. The van der Waals surface area contributed by atoms with Crippen LogP contribution in [0.5, 0.6) is 0 Å². The number of hydrogen-bond donors (Lipinski definition) is 0. The van der Waals surface area contributed by atoms with Gasteiger partial charge in [0, 0.05) is 19.3 Å². The second-order valence-corrected chi connectivity index (χ2v) is 21.3. The van der Waals surface area contributed by atoms with Gasteiger partial charge in [0.1, 0.15) is 13.2 Å². The SMILES string of the molecule is CC/C=C\C/C=C\C/C=C\C/C=C\C/C=C\C/C=C\CCCCCCCCCCC(=O)OCC(COC(=O)CCC/C=C\C/C=C\C/C=C\C/C=C\C/C=C\CC)OC(=O)CCCCCCCCCCC/C=C\C/C=C\CCCCC. The summed E-state index contributed by atoms with van der Waals surface area (Å²) in [7, 11) is 0. The molecule has 0 fully saturated rings. The first-order chi connectivity index (χ1) is 40.0. The van der Waals surface area contributed by atoms with Gasteiger partial charge in [-0.25, -0.2) is 0 Å². The molecule has 6 heteroatoms. The Hall–Kier alpha value is -4.97. The van der Waals surface area contributed by atoms with Crippen LogP contribution in [0.4, 0.5) is 0 Å². The van der Waals surface area contributed by atoms with Crippen LogP contribution in [0.25, 0.3) is 0 Å². The highest BCUT2D eigenvalue weighted by Gasteiger charge is 2.19. The molecular weight excluding hydrogens is 997 g/mol. The largest absolute Gasteiger partial charge is 0.462 e. The summed E-state index contributed by atoms with van der Waals surface area (Å²) in [5.41, 5.74) is 0. The summed E-state index contributed by atoms with van der Waals surface area (Å²) in [4.78, 5) is 38.4. The van der Waals surface area contributed by atoms with Gasteiger partial charge in [0.2, 0.25) is 0 Å². The molecule has 0 aromatic carbocycles. The molecule has 0 heterocycles. The minimum Gasteiger partial charge on any atom is -0.462 e. The fraction of sp³-hybridized carbons (Fsp3) is 0.613. The van der Waals surface area contributed by atoms with Gasteiger partial charge in [-0.2, -0.15) is 0 Å². The maximum atomic E-state index is 12.9. The standard InChI is InChI=1S/C75H120O6/c1-4-7-10-13-16-19-22-25-28-31-33-34-35-36-37-38-39-40-42-44-47-50-53-56-59-62-65-68-74(77)80-71-72(70-79-73(76)67-64-61-58-55-52-49-46-43-30-27-24-21-18-15-12-9-6-3)81-75(78)69-66-63-60-57-54-51-48-45-41-32-29-26-23-20-17-14-11-8-5-2/h7,9-10,12,16-21,25-30,33-34,36-37,39-40,46,49,55,58,72H,4-6,8,11,13-15,22-24,31-32,35,38,41-45,47-48,50-54,56-57,59-71H2,1-3H3/b10-7-,12-9-,19-16-,20-17-,21-18-,28-25-,29-26-,30-27-,34-33-,37-36-,40-39-,49-46-,58-55-. The lowest BCUT2D eigenvalue weighted by Crippen LogP contribution is -2.30. The third-order valence-corrected chi connectivity index (χ3v) is 13.5. The molecule has 456 valence electrons. The molecule has 0 aliphatic carbocycles. The molecule has 0 spiro atoms. The van der Waals surface area contributed by atoms with E-state index in [4.69, 9.17) is 14.2 Å². The highest BCUT2D eigenvalue weighted by atomic mass is 16.6. The molecule has 0 aromatic heterocycles. The van der Waals surface area contributed by atoms with Gasteiger partial charge in [-0.1, -0.05) is 275 Å². The Bertz CT molecular complexity index is 1810. The van der Waals surface area contributed by atoms with Gasteiger partial charge in [0.15, 0.2) is 6.10 Å². The first-order valence-corrected chi connectivity index (χ1v) is 33.0. The smallest absolute Gasteiger partial charge is 0.306 e. The number of ether oxygens (including phenoxy) is 3. The van der Waals surface area contributed by atoms with Crippen LogP contribution in [0, 0.1) is 0 Å². The third kappa shape index (κ3) is 65.7. The van der Waals surface area contributed by atoms with Crippen LogP contribution in [0.2, 0.25) is 0 Å². The second kappa shape index (κ2) is 67.5. The van der Waals surface area contributed by atoms with Gasteiger partial charge in [-0.05, 0) is 141 Å². The number of unbranched alkanes of at least 4 members (excludes halogenated alkanes) is 21. The van der Waals surface area contributed by atoms with Crippen LogP contribution in [-0.2, 0) is 28.6 Å². The van der Waals surface area contributed by atoms with Crippen molar-refractivity contribution in [3.05, 3.63) is 158 Å². The van der Waals surface area contributed by atoms with Gasteiger partial charge in [0.05, 0.1) is 0 Å². The summed E-state index contributed by atoms with van der Waals surface area (Å²) in [6.07, 6.45) is 98.2. The molecular formula is C75H120O6. The Labute approximate surface area is 499 Å². The van der Waals surface area contributed by atoms with Crippen LogP contribution in [0.3, 0.4) is 0 Å². The Morgan fingerprint density at radius 1 is 0.259 bits per heavy atom. The van der Waals surface area contributed by atoms with E-state index in [0.29, 0.717) is 19.3 Å². The zero-order valence-electron chi connectivity index (χ0n) is 52.2. The Morgan fingerprint density at radius 3 is 0.802 bits per heavy atom. The van der Waals surface area contributed by atoms with Crippen molar-refractivity contribution in [2.24, 2.45) is 0 Å². The van der Waals surface area contributed by atoms with E-state index in [1.807, 2.05) is 0 Å². The number of esters is 3. The molecule has 0 aliphatic rings. The second-order valence-electron chi connectivity index (χ2n) is 21.3. The van der Waals surface area contributed by atoms with E-state index in [9.17, 15) is 14.4 Å². The van der Waals surface area contributed by atoms with E-state index in [-0.39, 0.29) is 37.5 Å². The normalized spacial score (nSPS) is 13.2. The molecule has 81 heavy (non-hydrogen) atoms. The van der Waals surface area contributed by atoms with Crippen LogP contribution in [-0.4, -0.2) is 37.2 Å². The molecule has 0 rings (SSSR count). The summed E-state index contributed by atoms with van der Waals surface area (Å²) in [6, 6.07) is 0. The molecule has 0 aliphatic heterocycles. The first-order valence-electron chi connectivity index (χ1n) is 33.0. The highest BCUT2D eigenvalue weighted by Crippen LogP contribution is 2.15. The van der Waals surface area contributed by atoms with Gasteiger partial charge < -0.3 is 14.2 Å². The maximum absolute atomic E-state index is 12.9. The Kier molecular flexibility index (Phi) is 63.4. The lowest BCUT2D eigenvalue weighted by molar-refractivity contribution is -0.167. The van der Waals surface area contributed by atoms with Crippen LogP contribution in [0.1, 0.15) is 278 Å². The predicted molar refractivity (Wildman–Crippen MR) is 352 cm³/mol. The van der Waals surface area contributed by atoms with E-state index in [2.05, 4.69) is 179 Å². The van der Waals surface area contributed by atoms with Crippen molar-refractivity contribution < 1.29 is 28.6 Å². The zero-order chi connectivity index (χ0) is 58.5. The summed E-state index contributed by atoms with van der Waals surface area (Å²) in [6.45, 7) is 6.33. The predicted octanol–water partition coefficient (Wildman–Crippen LogP) is 22.9.